The van der Waals surface area contributed by atoms with Crippen LogP contribution in [0.15, 0.2) is 65.3 Å². The Morgan fingerprint density at radius 1 is 0.929 bits per heavy atom. The Kier molecular flexibility index (Phi) is 5.39. The van der Waals surface area contributed by atoms with Crippen molar-refractivity contribution in [2.75, 3.05) is 32.8 Å². The molecular formula is C22H22N2O4. The molecule has 0 unspecified atom stereocenters. The minimum atomic E-state index is -0.618. The second kappa shape index (κ2) is 8.27. The van der Waals surface area contributed by atoms with Crippen molar-refractivity contribution < 1.29 is 18.7 Å². The lowest BCUT2D eigenvalue weighted by Crippen LogP contribution is -2.49. The summed E-state index contributed by atoms with van der Waals surface area (Å²) in [7, 11) is 0. The van der Waals surface area contributed by atoms with E-state index >= 15 is 0 Å². The first kappa shape index (κ1) is 18.3. The Bertz CT molecular complexity index is 954. The Morgan fingerprint density at radius 2 is 1.71 bits per heavy atom. The lowest BCUT2D eigenvalue weighted by molar-refractivity contribution is -0.136. The van der Waals surface area contributed by atoms with Crippen molar-refractivity contribution in [1.82, 2.24) is 9.80 Å². The van der Waals surface area contributed by atoms with Gasteiger partial charge in [0.15, 0.2) is 6.61 Å². The first-order chi connectivity index (χ1) is 13.7. The van der Waals surface area contributed by atoms with Crippen LogP contribution in [0.25, 0.3) is 10.8 Å². The standard InChI is InChI=1S/C22H22N2O4/c25-21(16-28-22(26)20-9-4-14-27-20)24-12-10-23(11-13-24)15-18-7-3-6-17-5-1-2-8-19(17)18/h1-9,14H,10-13,15-16H2. The molecular weight excluding hydrogens is 356 g/mol. The Balaban J connectivity index is 1.28. The lowest BCUT2D eigenvalue weighted by Gasteiger charge is -2.34. The Morgan fingerprint density at radius 3 is 2.50 bits per heavy atom. The molecule has 1 amide bonds. The van der Waals surface area contributed by atoms with Crippen LogP contribution in [-0.2, 0) is 16.1 Å². The van der Waals surface area contributed by atoms with Crippen LogP contribution in [-0.4, -0.2) is 54.5 Å². The van der Waals surface area contributed by atoms with Crippen molar-refractivity contribution >= 4 is 22.6 Å². The van der Waals surface area contributed by atoms with Gasteiger partial charge in [0.05, 0.1) is 6.26 Å². The van der Waals surface area contributed by atoms with E-state index in [2.05, 4.69) is 47.4 Å². The average Bonchev–Trinajstić information content (AvgIpc) is 3.28. The molecule has 1 aromatic heterocycles. The number of carbonyl (C=O) groups excluding carboxylic acids is 2. The SMILES string of the molecule is O=C(OCC(=O)N1CCN(Cc2cccc3ccccc23)CC1)c1ccco1. The number of nitrogens with zero attached hydrogens (tertiary/aromatic N) is 2. The molecule has 1 aliphatic heterocycles. The molecule has 28 heavy (non-hydrogen) atoms. The number of fused-ring (bicyclic) bond motifs is 1. The zero-order valence-corrected chi connectivity index (χ0v) is 15.5. The van der Waals surface area contributed by atoms with Gasteiger partial charge < -0.3 is 14.1 Å². The maximum atomic E-state index is 12.3. The van der Waals surface area contributed by atoms with Crippen LogP contribution in [0, 0.1) is 0 Å². The lowest BCUT2D eigenvalue weighted by atomic mass is 10.0. The van der Waals surface area contributed by atoms with Crippen LogP contribution in [0.5, 0.6) is 0 Å². The fourth-order valence-corrected chi connectivity index (χ4v) is 3.51. The number of benzene rings is 2. The smallest absolute Gasteiger partial charge is 0.374 e. The summed E-state index contributed by atoms with van der Waals surface area (Å²) < 4.78 is 10.0. The molecule has 3 aromatic rings. The topological polar surface area (TPSA) is 63.0 Å². The van der Waals surface area contributed by atoms with Crippen molar-refractivity contribution in [2.45, 2.75) is 6.54 Å². The zero-order valence-electron chi connectivity index (χ0n) is 15.5. The van der Waals surface area contributed by atoms with Crippen molar-refractivity contribution in [3.63, 3.8) is 0 Å². The molecule has 6 heteroatoms. The van der Waals surface area contributed by atoms with Gasteiger partial charge in [-0.05, 0) is 28.5 Å². The fraction of sp³-hybridized carbons (Fsp3) is 0.273. The molecule has 2 heterocycles. The van der Waals surface area contributed by atoms with E-state index in [1.54, 1.807) is 11.0 Å². The largest absolute Gasteiger partial charge is 0.457 e. The number of hydrogen-bond donors (Lipinski definition) is 0. The highest BCUT2D eigenvalue weighted by Crippen LogP contribution is 2.20. The third kappa shape index (κ3) is 4.07. The number of ether oxygens (including phenoxy) is 1. The maximum absolute atomic E-state index is 12.3. The minimum absolute atomic E-state index is 0.104. The third-order valence-electron chi connectivity index (χ3n) is 5.05. The Labute approximate surface area is 163 Å². The highest BCUT2D eigenvalue weighted by molar-refractivity contribution is 5.88. The first-order valence-corrected chi connectivity index (χ1v) is 9.38. The number of furan rings is 1. The molecule has 2 aromatic carbocycles. The van der Waals surface area contributed by atoms with Gasteiger partial charge in [-0.1, -0.05) is 42.5 Å². The molecule has 4 rings (SSSR count). The molecule has 0 atom stereocenters. The second-order valence-electron chi connectivity index (χ2n) is 6.85. The monoisotopic (exact) mass is 378 g/mol. The summed E-state index contributed by atoms with van der Waals surface area (Å²) in [5.74, 6) is -0.689. The highest BCUT2D eigenvalue weighted by Gasteiger charge is 2.23. The van der Waals surface area contributed by atoms with Gasteiger partial charge >= 0.3 is 5.97 Å². The van der Waals surface area contributed by atoms with Gasteiger partial charge in [0.25, 0.3) is 5.91 Å². The van der Waals surface area contributed by atoms with Crippen molar-refractivity contribution in [2.24, 2.45) is 0 Å². The van der Waals surface area contributed by atoms with Crippen molar-refractivity contribution in [3.8, 4) is 0 Å². The molecule has 0 radical (unpaired) electrons. The number of hydrogen-bond acceptors (Lipinski definition) is 5. The van der Waals surface area contributed by atoms with Gasteiger partial charge in [0.2, 0.25) is 5.76 Å². The quantitative estimate of drug-likeness (QED) is 0.639. The third-order valence-corrected chi connectivity index (χ3v) is 5.05. The molecule has 0 aliphatic carbocycles. The summed E-state index contributed by atoms with van der Waals surface area (Å²) in [6.07, 6.45) is 1.40. The second-order valence-corrected chi connectivity index (χ2v) is 6.85. The van der Waals surface area contributed by atoms with E-state index in [-0.39, 0.29) is 18.3 Å². The van der Waals surface area contributed by atoms with Crippen LogP contribution in [0.2, 0.25) is 0 Å². The van der Waals surface area contributed by atoms with E-state index in [9.17, 15) is 9.59 Å². The average molecular weight is 378 g/mol. The molecule has 0 spiro atoms. The highest BCUT2D eigenvalue weighted by atomic mass is 16.5. The van der Waals surface area contributed by atoms with Gasteiger partial charge in [-0.3, -0.25) is 9.69 Å². The van der Waals surface area contributed by atoms with Crippen LogP contribution in [0.4, 0.5) is 0 Å². The van der Waals surface area contributed by atoms with E-state index in [1.165, 1.54) is 28.7 Å². The summed E-state index contributed by atoms with van der Waals surface area (Å²) in [6, 6.07) is 17.9. The zero-order chi connectivity index (χ0) is 19.3. The van der Waals surface area contributed by atoms with Gasteiger partial charge in [-0.2, -0.15) is 0 Å². The molecule has 1 saturated heterocycles. The van der Waals surface area contributed by atoms with E-state index < -0.39 is 5.97 Å². The van der Waals surface area contributed by atoms with Gasteiger partial charge in [0, 0.05) is 32.7 Å². The summed E-state index contributed by atoms with van der Waals surface area (Å²) in [6.45, 7) is 3.44. The van der Waals surface area contributed by atoms with Crippen molar-refractivity contribution in [1.29, 1.82) is 0 Å². The molecule has 0 saturated carbocycles. The number of amides is 1. The summed E-state index contributed by atoms with van der Waals surface area (Å²) in [5, 5.41) is 2.51. The summed E-state index contributed by atoms with van der Waals surface area (Å²) >= 11 is 0. The van der Waals surface area contributed by atoms with Gasteiger partial charge in [-0.25, -0.2) is 4.79 Å². The molecule has 1 aliphatic rings. The normalized spacial score (nSPS) is 14.9. The predicted octanol–water partition coefficient (Wildman–Crippen LogP) is 2.93. The maximum Gasteiger partial charge on any atom is 0.374 e. The van der Waals surface area contributed by atoms with E-state index in [0.717, 1.165) is 19.6 Å². The Hall–Kier alpha value is -3.12. The molecule has 0 bridgehead atoms. The van der Waals surface area contributed by atoms with Crippen LogP contribution in [0.3, 0.4) is 0 Å². The number of esters is 1. The molecule has 0 N–H and O–H groups in total. The van der Waals surface area contributed by atoms with Gasteiger partial charge in [-0.15, -0.1) is 0 Å². The number of carbonyl (C=O) groups is 2. The van der Waals surface area contributed by atoms with Crippen molar-refractivity contribution in [3.05, 3.63) is 72.2 Å². The number of rotatable bonds is 5. The number of piperazine rings is 1. The van der Waals surface area contributed by atoms with Crippen LogP contribution < -0.4 is 0 Å². The minimum Gasteiger partial charge on any atom is -0.457 e. The predicted molar refractivity (Wildman–Crippen MR) is 105 cm³/mol. The summed E-state index contributed by atoms with van der Waals surface area (Å²) in [4.78, 5) is 28.2. The van der Waals surface area contributed by atoms with Crippen LogP contribution >= 0.6 is 0 Å². The van der Waals surface area contributed by atoms with Crippen LogP contribution in [0.1, 0.15) is 16.1 Å². The molecule has 1 fully saturated rings. The van der Waals surface area contributed by atoms with Gasteiger partial charge in [0.1, 0.15) is 0 Å². The van der Waals surface area contributed by atoms with E-state index in [4.69, 9.17) is 9.15 Å². The van der Waals surface area contributed by atoms with E-state index in [1.807, 2.05) is 0 Å². The fourth-order valence-electron chi connectivity index (χ4n) is 3.51. The molecule has 6 nitrogen and oxygen atoms in total. The molecule has 144 valence electrons. The summed E-state index contributed by atoms with van der Waals surface area (Å²) in [5.41, 5.74) is 1.30. The first-order valence-electron chi connectivity index (χ1n) is 9.38. The van der Waals surface area contributed by atoms with E-state index in [0.29, 0.717) is 13.1 Å².